The first-order chi connectivity index (χ1) is 10.2. The lowest BCUT2D eigenvalue weighted by molar-refractivity contribution is -0.126. The molecule has 3 nitrogen and oxygen atoms in total. The van der Waals surface area contributed by atoms with Crippen LogP contribution < -0.4 is 0 Å². The van der Waals surface area contributed by atoms with Crippen LogP contribution in [0.2, 0.25) is 0 Å². The summed E-state index contributed by atoms with van der Waals surface area (Å²) in [6.45, 7) is 11.8. The lowest BCUT2D eigenvalue weighted by Gasteiger charge is -2.18. The molecular weight excluding hydrogens is 274 g/mol. The summed E-state index contributed by atoms with van der Waals surface area (Å²) >= 11 is 0. The van der Waals surface area contributed by atoms with Crippen LogP contribution in [0.5, 0.6) is 0 Å². The van der Waals surface area contributed by atoms with Gasteiger partial charge in [-0.3, -0.25) is 9.59 Å². The van der Waals surface area contributed by atoms with Crippen LogP contribution in [0.4, 0.5) is 0 Å². The summed E-state index contributed by atoms with van der Waals surface area (Å²) in [7, 11) is 1.77. The third kappa shape index (κ3) is 5.14. The van der Waals surface area contributed by atoms with Crippen molar-refractivity contribution in [1.82, 2.24) is 4.90 Å². The first-order valence-corrected chi connectivity index (χ1v) is 7.74. The van der Waals surface area contributed by atoms with Crippen LogP contribution in [0.25, 0.3) is 0 Å². The molecule has 0 aliphatic heterocycles. The number of carbonyl (C=O) groups excluding carboxylic acids is 2. The Bertz CT molecular complexity index is 543. The zero-order chi connectivity index (χ0) is 16.9. The number of nitrogens with zero attached hydrogens (tertiary/aromatic N) is 1. The molecule has 0 aromatic heterocycles. The second kappa shape index (κ2) is 7.92. The molecule has 0 unspecified atom stereocenters. The average Bonchev–Trinajstić information content (AvgIpc) is 2.47. The standard InChI is InChI=1S/C19H27NO2/c1-13(2)18(21)15(5)11-16-7-9-17(10-8-16)12-20(6)19(22)14(3)4/h7-10,13,15H,3,11-12H2,1-2,4-6H3/t15-/m1/s1. The first kappa shape index (κ1) is 18.1. The Kier molecular flexibility index (Phi) is 6.54. The van der Waals surface area contributed by atoms with Gasteiger partial charge in [-0.15, -0.1) is 0 Å². The van der Waals surface area contributed by atoms with Crippen molar-refractivity contribution in [3.05, 3.63) is 47.5 Å². The second-order valence-electron chi connectivity index (χ2n) is 6.42. The number of hydrogen-bond acceptors (Lipinski definition) is 2. The largest absolute Gasteiger partial charge is 0.338 e. The van der Waals surface area contributed by atoms with E-state index in [0.717, 1.165) is 17.5 Å². The van der Waals surface area contributed by atoms with E-state index in [4.69, 9.17) is 0 Å². The number of amides is 1. The molecule has 0 aliphatic rings. The maximum Gasteiger partial charge on any atom is 0.248 e. The lowest BCUT2D eigenvalue weighted by Crippen LogP contribution is -2.26. The summed E-state index contributed by atoms with van der Waals surface area (Å²) in [5, 5.41) is 0. The quantitative estimate of drug-likeness (QED) is 0.721. The molecule has 0 bridgehead atoms. The van der Waals surface area contributed by atoms with Crippen LogP contribution in [0, 0.1) is 11.8 Å². The molecule has 0 saturated carbocycles. The second-order valence-corrected chi connectivity index (χ2v) is 6.42. The Labute approximate surface area is 134 Å². The predicted molar refractivity (Wildman–Crippen MR) is 90.4 cm³/mol. The van der Waals surface area contributed by atoms with Gasteiger partial charge in [-0.1, -0.05) is 51.6 Å². The highest BCUT2D eigenvalue weighted by Gasteiger charge is 2.16. The monoisotopic (exact) mass is 301 g/mol. The van der Waals surface area contributed by atoms with E-state index in [0.29, 0.717) is 17.9 Å². The molecule has 3 heteroatoms. The molecule has 1 atom stereocenters. The predicted octanol–water partition coefficient (Wildman–Crippen LogP) is 3.62. The Morgan fingerprint density at radius 1 is 1.09 bits per heavy atom. The number of likely N-dealkylation sites (N-methyl/N-ethyl adjacent to an activating group) is 1. The Morgan fingerprint density at radius 2 is 1.59 bits per heavy atom. The lowest BCUT2D eigenvalue weighted by atomic mass is 9.91. The molecule has 22 heavy (non-hydrogen) atoms. The number of carbonyl (C=O) groups is 2. The normalized spacial score (nSPS) is 12.1. The van der Waals surface area contributed by atoms with Gasteiger partial charge in [0.2, 0.25) is 5.91 Å². The third-order valence-corrected chi connectivity index (χ3v) is 3.75. The Morgan fingerprint density at radius 3 is 2.05 bits per heavy atom. The zero-order valence-electron chi connectivity index (χ0n) is 14.3. The fourth-order valence-electron chi connectivity index (χ4n) is 2.48. The molecule has 1 aromatic carbocycles. The van der Waals surface area contributed by atoms with E-state index in [1.54, 1.807) is 18.9 Å². The third-order valence-electron chi connectivity index (χ3n) is 3.75. The first-order valence-electron chi connectivity index (χ1n) is 7.74. The molecule has 0 heterocycles. The van der Waals surface area contributed by atoms with Crippen LogP contribution in [0.3, 0.4) is 0 Å². The van der Waals surface area contributed by atoms with Gasteiger partial charge in [0.15, 0.2) is 0 Å². The summed E-state index contributed by atoms with van der Waals surface area (Å²) in [6.07, 6.45) is 0.762. The maximum atomic E-state index is 11.9. The van der Waals surface area contributed by atoms with Crippen LogP contribution in [-0.2, 0) is 22.6 Å². The molecule has 0 saturated heterocycles. The van der Waals surface area contributed by atoms with Gasteiger partial charge < -0.3 is 4.90 Å². The number of benzene rings is 1. The maximum absolute atomic E-state index is 11.9. The molecule has 0 aliphatic carbocycles. The fraction of sp³-hybridized carbons (Fsp3) is 0.474. The number of hydrogen-bond donors (Lipinski definition) is 0. The SMILES string of the molecule is C=C(C)C(=O)N(C)Cc1ccc(C[C@@H](C)C(=O)C(C)C)cc1. The summed E-state index contributed by atoms with van der Waals surface area (Å²) < 4.78 is 0. The molecule has 0 spiro atoms. The van der Waals surface area contributed by atoms with Crippen LogP contribution in [0.1, 0.15) is 38.8 Å². The fourth-order valence-corrected chi connectivity index (χ4v) is 2.48. The van der Waals surface area contributed by atoms with Gasteiger partial charge in [-0.05, 0) is 24.5 Å². The summed E-state index contributed by atoms with van der Waals surface area (Å²) in [5.41, 5.74) is 2.77. The molecule has 1 aromatic rings. The van der Waals surface area contributed by atoms with Gasteiger partial charge in [0.1, 0.15) is 5.78 Å². The van der Waals surface area contributed by atoms with Crippen molar-refractivity contribution in [1.29, 1.82) is 0 Å². The minimum absolute atomic E-state index is 0.0403. The van der Waals surface area contributed by atoms with Crippen molar-refractivity contribution in [2.45, 2.75) is 40.7 Å². The minimum Gasteiger partial charge on any atom is -0.338 e. The van der Waals surface area contributed by atoms with E-state index in [1.165, 1.54) is 0 Å². The van der Waals surface area contributed by atoms with E-state index in [2.05, 4.69) is 6.58 Å². The summed E-state index contributed by atoms with van der Waals surface area (Å²) in [5.74, 6) is 0.380. The molecule has 1 rings (SSSR count). The van der Waals surface area contributed by atoms with Gasteiger partial charge in [-0.2, -0.15) is 0 Å². The molecule has 0 fully saturated rings. The number of rotatable bonds is 7. The topological polar surface area (TPSA) is 37.4 Å². The van der Waals surface area contributed by atoms with E-state index < -0.39 is 0 Å². The van der Waals surface area contributed by atoms with E-state index in [-0.39, 0.29) is 17.7 Å². The van der Waals surface area contributed by atoms with Gasteiger partial charge in [0, 0.05) is 31.0 Å². The van der Waals surface area contributed by atoms with Crippen molar-refractivity contribution in [2.24, 2.45) is 11.8 Å². The van der Waals surface area contributed by atoms with Crippen molar-refractivity contribution in [2.75, 3.05) is 7.05 Å². The van der Waals surface area contributed by atoms with Gasteiger partial charge in [-0.25, -0.2) is 0 Å². The van der Waals surface area contributed by atoms with Crippen LogP contribution in [-0.4, -0.2) is 23.6 Å². The van der Waals surface area contributed by atoms with E-state index in [1.807, 2.05) is 45.0 Å². The van der Waals surface area contributed by atoms with Crippen molar-refractivity contribution >= 4 is 11.7 Å². The molecular formula is C19H27NO2. The highest BCUT2D eigenvalue weighted by Crippen LogP contribution is 2.15. The van der Waals surface area contributed by atoms with Crippen LogP contribution >= 0.6 is 0 Å². The highest BCUT2D eigenvalue weighted by molar-refractivity contribution is 5.91. The van der Waals surface area contributed by atoms with E-state index >= 15 is 0 Å². The van der Waals surface area contributed by atoms with Gasteiger partial charge in [0.25, 0.3) is 0 Å². The molecule has 0 N–H and O–H groups in total. The molecule has 0 radical (unpaired) electrons. The van der Waals surface area contributed by atoms with Crippen molar-refractivity contribution in [3.63, 3.8) is 0 Å². The number of Topliss-reactive ketones (excluding diaryl/α,β-unsaturated/α-hetero) is 1. The minimum atomic E-state index is -0.0415. The van der Waals surface area contributed by atoms with Crippen molar-refractivity contribution < 1.29 is 9.59 Å². The van der Waals surface area contributed by atoms with Gasteiger partial charge >= 0.3 is 0 Å². The Balaban J connectivity index is 2.65. The summed E-state index contributed by atoms with van der Waals surface area (Å²) in [6, 6.07) is 8.12. The average molecular weight is 301 g/mol. The zero-order valence-corrected chi connectivity index (χ0v) is 14.3. The molecule has 120 valence electrons. The van der Waals surface area contributed by atoms with E-state index in [9.17, 15) is 9.59 Å². The smallest absolute Gasteiger partial charge is 0.248 e. The van der Waals surface area contributed by atoms with Crippen LogP contribution in [0.15, 0.2) is 36.4 Å². The number of ketones is 1. The Hall–Kier alpha value is -1.90. The van der Waals surface area contributed by atoms with Gasteiger partial charge in [0.05, 0.1) is 0 Å². The molecule has 1 amide bonds. The summed E-state index contributed by atoms with van der Waals surface area (Å²) in [4.78, 5) is 25.4. The van der Waals surface area contributed by atoms with Crippen molar-refractivity contribution in [3.8, 4) is 0 Å². The highest BCUT2D eigenvalue weighted by atomic mass is 16.2.